The standard InChI is InChI=1S/C28H30O7/c1-5-6-12-33-27(31)24-17(2)13-21(15-22(24)29)35-28(32)25-18(3)14-23(19(4)26(25)30)34-16-20-10-8-7-9-11-20/h7-11,13-15,29-30H,5-6,12,16H2,1-4H3. The zero-order chi connectivity index (χ0) is 25.5. The van der Waals surface area contributed by atoms with Crippen molar-refractivity contribution < 1.29 is 34.0 Å². The van der Waals surface area contributed by atoms with E-state index in [9.17, 15) is 19.8 Å². The fourth-order valence-electron chi connectivity index (χ4n) is 3.61. The number of carbonyl (C=O) groups is 2. The summed E-state index contributed by atoms with van der Waals surface area (Å²) in [4.78, 5) is 25.2. The monoisotopic (exact) mass is 478 g/mol. The van der Waals surface area contributed by atoms with Gasteiger partial charge in [-0.3, -0.25) is 0 Å². The van der Waals surface area contributed by atoms with E-state index in [0.717, 1.165) is 18.4 Å². The first kappa shape index (κ1) is 25.6. The van der Waals surface area contributed by atoms with Crippen molar-refractivity contribution in [3.05, 3.63) is 81.9 Å². The summed E-state index contributed by atoms with van der Waals surface area (Å²) >= 11 is 0. The minimum Gasteiger partial charge on any atom is -0.507 e. The summed E-state index contributed by atoms with van der Waals surface area (Å²) < 4.78 is 16.5. The molecule has 0 saturated carbocycles. The summed E-state index contributed by atoms with van der Waals surface area (Å²) in [7, 11) is 0. The molecule has 0 unspecified atom stereocenters. The number of aryl methyl sites for hydroxylation is 2. The second-order valence-electron chi connectivity index (χ2n) is 8.33. The molecule has 7 nitrogen and oxygen atoms in total. The third kappa shape index (κ3) is 6.12. The maximum atomic E-state index is 12.9. The first-order valence-corrected chi connectivity index (χ1v) is 11.5. The van der Waals surface area contributed by atoms with E-state index in [1.165, 1.54) is 12.1 Å². The van der Waals surface area contributed by atoms with Crippen molar-refractivity contribution in [3.8, 4) is 23.0 Å². The molecule has 0 saturated heterocycles. The number of hydrogen-bond donors (Lipinski definition) is 2. The maximum Gasteiger partial charge on any atom is 0.347 e. The summed E-state index contributed by atoms with van der Waals surface area (Å²) in [5.41, 5.74) is 2.27. The van der Waals surface area contributed by atoms with Gasteiger partial charge in [0.15, 0.2) is 0 Å². The SMILES string of the molecule is CCCCOC(=O)c1c(C)cc(OC(=O)c2c(C)cc(OCc3ccccc3)c(C)c2O)cc1O. The number of aromatic hydroxyl groups is 2. The van der Waals surface area contributed by atoms with Crippen LogP contribution < -0.4 is 9.47 Å². The molecule has 0 aliphatic rings. The largest absolute Gasteiger partial charge is 0.507 e. The molecule has 0 heterocycles. The minimum atomic E-state index is -0.796. The molecule has 3 aromatic carbocycles. The second-order valence-corrected chi connectivity index (χ2v) is 8.33. The van der Waals surface area contributed by atoms with E-state index in [4.69, 9.17) is 14.2 Å². The number of unbranched alkanes of at least 4 members (excludes halogenated alkanes) is 1. The topological polar surface area (TPSA) is 102 Å². The Bertz CT molecular complexity index is 1190. The summed E-state index contributed by atoms with van der Waals surface area (Å²) in [5.74, 6) is -1.53. The number of carbonyl (C=O) groups excluding carboxylic acids is 2. The maximum absolute atomic E-state index is 12.9. The molecule has 184 valence electrons. The van der Waals surface area contributed by atoms with Crippen molar-refractivity contribution in [2.75, 3.05) is 6.61 Å². The molecule has 0 aliphatic heterocycles. The van der Waals surface area contributed by atoms with Gasteiger partial charge in [-0.1, -0.05) is 43.7 Å². The molecule has 3 rings (SSSR count). The normalized spacial score (nSPS) is 10.6. The summed E-state index contributed by atoms with van der Waals surface area (Å²) in [6.45, 7) is 7.49. The van der Waals surface area contributed by atoms with Crippen LogP contribution in [0.2, 0.25) is 0 Å². The fourth-order valence-corrected chi connectivity index (χ4v) is 3.61. The molecule has 2 N–H and O–H groups in total. The van der Waals surface area contributed by atoms with Crippen LogP contribution in [0.25, 0.3) is 0 Å². The Kier molecular flexibility index (Phi) is 8.36. The van der Waals surface area contributed by atoms with Crippen LogP contribution in [0.5, 0.6) is 23.0 Å². The second kappa shape index (κ2) is 11.4. The van der Waals surface area contributed by atoms with Crippen molar-refractivity contribution in [3.63, 3.8) is 0 Å². The van der Waals surface area contributed by atoms with E-state index >= 15 is 0 Å². The molecule has 0 aromatic heterocycles. The Labute approximate surface area is 204 Å². The van der Waals surface area contributed by atoms with Gasteiger partial charge in [0.05, 0.1) is 6.61 Å². The van der Waals surface area contributed by atoms with Crippen molar-refractivity contribution in [1.29, 1.82) is 0 Å². The molecule has 0 spiro atoms. The molecular formula is C28H30O7. The highest BCUT2D eigenvalue weighted by Crippen LogP contribution is 2.35. The van der Waals surface area contributed by atoms with E-state index in [-0.39, 0.29) is 35.0 Å². The average Bonchev–Trinajstić information content (AvgIpc) is 2.81. The molecule has 0 aliphatic carbocycles. The van der Waals surface area contributed by atoms with Gasteiger partial charge in [-0.25, -0.2) is 9.59 Å². The van der Waals surface area contributed by atoms with E-state index in [0.29, 0.717) is 29.0 Å². The smallest absolute Gasteiger partial charge is 0.347 e. The lowest BCUT2D eigenvalue weighted by atomic mass is 10.0. The Morgan fingerprint density at radius 2 is 1.57 bits per heavy atom. The Hall–Kier alpha value is -4.00. The Balaban J connectivity index is 1.78. The van der Waals surface area contributed by atoms with Gasteiger partial charge in [0.1, 0.15) is 40.7 Å². The molecule has 0 radical (unpaired) electrons. The molecule has 7 heteroatoms. The zero-order valence-corrected chi connectivity index (χ0v) is 20.4. The number of esters is 2. The number of ether oxygens (including phenoxy) is 3. The van der Waals surface area contributed by atoms with Crippen molar-refractivity contribution >= 4 is 11.9 Å². The third-order valence-electron chi connectivity index (χ3n) is 5.58. The number of phenolic OH excluding ortho intramolecular Hbond substituents is 2. The van der Waals surface area contributed by atoms with Crippen LogP contribution in [0, 0.1) is 20.8 Å². The van der Waals surface area contributed by atoms with E-state index in [1.54, 1.807) is 26.8 Å². The predicted molar refractivity (Wildman–Crippen MR) is 131 cm³/mol. The van der Waals surface area contributed by atoms with Crippen LogP contribution in [-0.4, -0.2) is 28.8 Å². The average molecular weight is 479 g/mol. The summed E-state index contributed by atoms with van der Waals surface area (Å²) in [5, 5.41) is 21.1. The number of rotatable bonds is 9. The van der Waals surface area contributed by atoms with Crippen LogP contribution >= 0.6 is 0 Å². The molecular weight excluding hydrogens is 448 g/mol. The van der Waals surface area contributed by atoms with Crippen LogP contribution in [0.1, 0.15) is 62.7 Å². The number of phenols is 2. The molecule has 0 atom stereocenters. The van der Waals surface area contributed by atoms with E-state index in [1.807, 2.05) is 37.3 Å². The van der Waals surface area contributed by atoms with E-state index < -0.39 is 11.9 Å². The molecule has 0 amide bonds. The van der Waals surface area contributed by atoms with Crippen LogP contribution in [0.15, 0.2) is 48.5 Å². The Morgan fingerprint density at radius 1 is 0.886 bits per heavy atom. The van der Waals surface area contributed by atoms with Crippen molar-refractivity contribution in [1.82, 2.24) is 0 Å². The lowest BCUT2D eigenvalue weighted by Crippen LogP contribution is -2.13. The van der Waals surface area contributed by atoms with Crippen molar-refractivity contribution in [2.24, 2.45) is 0 Å². The first-order chi connectivity index (χ1) is 16.7. The van der Waals surface area contributed by atoms with Gasteiger partial charge < -0.3 is 24.4 Å². The molecule has 0 fully saturated rings. The van der Waals surface area contributed by atoms with Gasteiger partial charge in [0.2, 0.25) is 0 Å². The van der Waals surface area contributed by atoms with Crippen LogP contribution in [0.4, 0.5) is 0 Å². The summed E-state index contributed by atoms with van der Waals surface area (Å²) in [6, 6.07) is 13.9. The van der Waals surface area contributed by atoms with Gasteiger partial charge in [0.25, 0.3) is 0 Å². The van der Waals surface area contributed by atoms with Gasteiger partial charge in [-0.2, -0.15) is 0 Å². The fraction of sp³-hybridized carbons (Fsp3) is 0.286. The van der Waals surface area contributed by atoms with Crippen molar-refractivity contribution in [2.45, 2.75) is 47.1 Å². The number of hydrogen-bond acceptors (Lipinski definition) is 7. The number of benzene rings is 3. The lowest BCUT2D eigenvalue weighted by molar-refractivity contribution is 0.0495. The third-order valence-corrected chi connectivity index (χ3v) is 5.58. The zero-order valence-electron chi connectivity index (χ0n) is 20.4. The molecule has 35 heavy (non-hydrogen) atoms. The van der Waals surface area contributed by atoms with Gasteiger partial charge >= 0.3 is 11.9 Å². The quantitative estimate of drug-likeness (QED) is 0.228. The Morgan fingerprint density at radius 3 is 2.23 bits per heavy atom. The van der Waals surface area contributed by atoms with E-state index in [2.05, 4.69) is 0 Å². The lowest BCUT2D eigenvalue weighted by Gasteiger charge is -2.16. The van der Waals surface area contributed by atoms with Gasteiger partial charge in [0, 0.05) is 11.6 Å². The summed E-state index contributed by atoms with van der Waals surface area (Å²) in [6.07, 6.45) is 1.60. The highest BCUT2D eigenvalue weighted by atomic mass is 16.5. The highest BCUT2D eigenvalue weighted by molar-refractivity contribution is 5.97. The highest BCUT2D eigenvalue weighted by Gasteiger charge is 2.23. The van der Waals surface area contributed by atoms with Crippen LogP contribution in [0.3, 0.4) is 0 Å². The molecule has 0 bridgehead atoms. The predicted octanol–water partition coefficient (Wildman–Crippen LogP) is 5.78. The van der Waals surface area contributed by atoms with Gasteiger partial charge in [-0.05, 0) is 56.0 Å². The van der Waals surface area contributed by atoms with Crippen LogP contribution in [-0.2, 0) is 11.3 Å². The minimum absolute atomic E-state index is 0.00486. The molecule has 3 aromatic rings. The first-order valence-electron chi connectivity index (χ1n) is 11.5. The van der Waals surface area contributed by atoms with Gasteiger partial charge in [-0.15, -0.1) is 0 Å².